The van der Waals surface area contributed by atoms with E-state index in [1.807, 2.05) is 7.05 Å². The quantitative estimate of drug-likeness (QED) is 0.915. The summed E-state index contributed by atoms with van der Waals surface area (Å²) < 4.78 is 37.6. The number of alkyl halides is 3. The largest absolute Gasteiger partial charge is 0.416 e. The molecule has 0 radical (unpaired) electrons. The standard InChI is InChI=1S/C15H23F3N2/c1-14(2,3)10-20(4)13(9-19)11-5-7-12(8-6-11)15(16,17)18/h5-8,13H,9-10,19H2,1-4H3. The molecule has 1 atom stereocenters. The third-order valence-corrected chi connectivity index (χ3v) is 3.10. The van der Waals surface area contributed by atoms with Crippen molar-refractivity contribution in [1.82, 2.24) is 4.90 Å². The SMILES string of the molecule is CN(CC(C)(C)C)C(CN)c1ccc(C(F)(F)F)cc1. The fraction of sp³-hybridized carbons (Fsp3) is 0.600. The maximum atomic E-state index is 12.5. The Hall–Kier alpha value is -1.07. The predicted octanol–water partition coefficient (Wildman–Crippen LogP) is 3.68. The first-order valence-electron chi connectivity index (χ1n) is 6.62. The molecule has 5 heteroatoms. The van der Waals surface area contributed by atoms with Gasteiger partial charge in [-0.3, -0.25) is 4.90 Å². The van der Waals surface area contributed by atoms with Crippen LogP contribution in [0.3, 0.4) is 0 Å². The second-order valence-electron chi connectivity index (χ2n) is 6.35. The van der Waals surface area contributed by atoms with E-state index in [0.29, 0.717) is 6.54 Å². The van der Waals surface area contributed by atoms with Crippen LogP contribution in [-0.4, -0.2) is 25.0 Å². The first kappa shape index (κ1) is 17.0. The highest BCUT2D eigenvalue weighted by Crippen LogP contribution is 2.31. The van der Waals surface area contributed by atoms with Gasteiger partial charge in [0, 0.05) is 19.1 Å². The van der Waals surface area contributed by atoms with Crippen LogP contribution in [-0.2, 0) is 6.18 Å². The summed E-state index contributed by atoms with van der Waals surface area (Å²) in [5.74, 6) is 0. The van der Waals surface area contributed by atoms with Crippen molar-refractivity contribution in [2.45, 2.75) is 33.0 Å². The molecule has 0 aliphatic carbocycles. The zero-order valence-electron chi connectivity index (χ0n) is 12.5. The number of hydrogen-bond donors (Lipinski definition) is 1. The molecule has 0 amide bonds. The summed E-state index contributed by atoms with van der Waals surface area (Å²) in [6, 6.07) is 5.18. The van der Waals surface area contributed by atoms with Crippen LogP contribution in [0, 0.1) is 5.41 Å². The zero-order chi connectivity index (χ0) is 15.6. The smallest absolute Gasteiger partial charge is 0.329 e. The average Bonchev–Trinajstić information content (AvgIpc) is 2.27. The predicted molar refractivity (Wildman–Crippen MR) is 75.3 cm³/mol. The Bertz CT molecular complexity index is 418. The molecule has 0 bridgehead atoms. The van der Waals surface area contributed by atoms with Gasteiger partial charge >= 0.3 is 6.18 Å². The molecule has 1 aromatic carbocycles. The van der Waals surface area contributed by atoms with Crippen molar-refractivity contribution in [3.8, 4) is 0 Å². The van der Waals surface area contributed by atoms with Gasteiger partial charge in [-0.25, -0.2) is 0 Å². The summed E-state index contributed by atoms with van der Waals surface area (Å²) in [6.07, 6.45) is -4.30. The van der Waals surface area contributed by atoms with Gasteiger partial charge in [-0.2, -0.15) is 13.2 Å². The van der Waals surface area contributed by atoms with Gasteiger partial charge in [0.1, 0.15) is 0 Å². The molecule has 0 saturated carbocycles. The molecule has 20 heavy (non-hydrogen) atoms. The molecule has 0 spiro atoms. The molecule has 114 valence electrons. The number of nitrogens with zero attached hydrogens (tertiary/aromatic N) is 1. The van der Waals surface area contributed by atoms with E-state index < -0.39 is 11.7 Å². The van der Waals surface area contributed by atoms with Crippen LogP contribution in [0.2, 0.25) is 0 Å². The van der Waals surface area contributed by atoms with E-state index in [-0.39, 0.29) is 11.5 Å². The minimum Gasteiger partial charge on any atom is -0.329 e. The van der Waals surface area contributed by atoms with Crippen molar-refractivity contribution in [3.63, 3.8) is 0 Å². The van der Waals surface area contributed by atoms with Gasteiger partial charge < -0.3 is 5.73 Å². The first-order valence-corrected chi connectivity index (χ1v) is 6.62. The molecular formula is C15H23F3N2. The molecule has 0 aliphatic heterocycles. The summed E-state index contributed by atoms with van der Waals surface area (Å²) in [5.41, 5.74) is 6.07. The summed E-state index contributed by atoms with van der Waals surface area (Å²) in [6.45, 7) is 7.53. The van der Waals surface area contributed by atoms with Crippen LogP contribution in [0.25, 0.3) is 0 Å². The highest BCUT2D eigenvalue weighted by atomic mass is 19.4. The fourth-order valence-corrected chi connectivity index (χ4v) is 2.32. The molecule has 1 aromatic rings. The van der Waals surface area contributed by atoms with E-state index in [4.69, 9.17) is 5.73 Å². The topological polar surface area (TPSA) is 29.3 Å². The Morgan fingerprint density at radius 3 is 1.95 bits per heavy atom. The van der Waals surface area contributed by atoms with Crippen LogP contribution in [0.1, 0.15) is 37.9 Å². The molecule has 2 N–H and O–H groups in total. The summed E-state index contributed by atoms with van der Waals surface area (Å²) in [7, 11) is 1.94. The van der Waals surface area contributed by atoms with Crippen molar-refractivity contribution in [3.05, 3.63) is 35.4 Å². The lowest BCUT2D eigenvalue weighted by Crippen LogP contribution is -2.36. The van der Waals surface area contributed by atoms with Crippen molar-refractivity contribution in [2.24, 2.45) is 11.1 Å². The third kappa shape index (κ3) is 4.80. The minimum absolute atomic E-state index is 0.0727. The molecule has 0 aliphatic rings. The van der Waals surface area contributed by atoms with E-state index in [1.165, 1.54) is 12.1 Å². The number of likely N-dealkylation sites (N-methyl/N-ethyl adjacent to an activating group) is 1. The Balaban J connectivity index is 2.90. The number of nitrogens with two attached hydrogens (primary N) is 1. The Morgan fingerprint density at radius 2 is 1.60 bits per heavy atom. The second kappa shape index (κ2) is 6.14. The lowest BCUT2D eigenvalue weighted by molar-refractivity contribution is -0.137. The number of hydrogen-bond acceptors (Lipinski definition) is 2. The summed E-state index contributed by atoms with van der Waals surface area (Å²) >= 11 is 0. The fourth-order valence-electron chi connectivity index (χ4n) is 2.32. The van der Waals surface area contributed by atoms with Gasteiger partial charge in [-0.05, 0) is 30.2 Å². The minimum atomic E-state index is -4.30. The van der Waals surface area contributed by atoms with E-state index in [0.717, 1.165) is 24.2 Å². The van der Waals surface area contributed by atoms with Gasteiger partial charge in [0.2, 0.25) is 0 Å². The van der Waals surface area contributed by atoms with Crippen LogP contribution in [0.5, 0.6) is 0 Å². The number of benzene rings is 1. The molecule has 0 heterocycles. The van der Waals surface area contributed by atoms with Crippen LogP contribution >= 0.6 is 0 Å². The summed E-state index contributed by atoms with van der Waals surface area (Å²) in [5, 5.41) is 0. The average molecular weight is 288 g/mol. The molecule has 0 fully saturated rings. The Kier molecular flexibility index (Phi) is 5.21. The van der Waals surface area contributed by atoms with Crippen molar-refractivity contribution in [1.29, 1.82) is 0 Å². The molecule has 2 nitrogen and oxygen atoms in total. The highest BCUT2D eigenvalue weighted by molar-refractivity contribution is 5.27. The molecule has 1 rings (SSSR count). The normalized spacial score (nSPS) is 14.7. The van der Waals surface area contributed by atoms with Gasteiger partial charge in [0.25, 0.3) is 0 Å². The lowest BCUT2D eigenvalue weighted by Gasteiger charge is -2.33. The van der Waals surface area contributed by atoms with E-state index >= 15 is 0 Å². The maximum absolute atomic E-state index is 12.5. The molecular weight excluding hydrogens is 265 g/mol. The first-order chi connectivity index (χ1) is 9.04. The third-order valence-electron chi connectivity index (χ3n) is 3.10. The highest BCUT2D eigenvalue weighted by Gasteiger charge is 2.30. The molecule has 1 unspecified atom stereocenters. The van der Waals surface area contributed by atoms with Crippen LogP contribution in [0.4, 0.5) is 13.2 Å². The van der Waals surface area contributed by atoms with Gasteiger partial charge in [0.15, 0.2) is 0 Å². The van der Waals surface area contributed by atoms with Crippen LogP contribution < -0.4 is 5.73 Å². The van der Waals surface area contributed by atoms with E-state index in [2.05, 4.69) is 25.7 Å². The van der Waals surface area contributed by atoms with Crippen molar-refractivity contribution >= 4 is 0 Å². The zero-order valence-corrected chi connectivity index (χ0v) is 12.5. The van der Waals surface area contributed by atoms with Gasteiger partial charge in [-0.15, -0.1) is 0 Å². The second-order valence-corrected chi connectivity index (χ2v) is 6.35. The summed E-state index contributed by atoms with van der Waals surface area (Å²) in [4.78, 5) is 2.09. The number of rotatable bonds is 4. The van der Waals surface area contributed by atoms with Gasteiger partial charge in [-0.1, -0.05) is 32.9 Å². The van der Waals surface area contributed by atoms with Gasteiger partial charge in [0.05, 0.1) is 5.56 Å². The Morgan fingerprint density at radius 1 is 1.10 bits per heavy atom. The van der Waals surface area contributed by atoms with Crippen molar-refractivity contribution in [2.75, 3.05) is 20.1 Å². The Labute approximate surface area is 118 Å². The van der Waals surface area contributed by atoms with Crippen molar-refractivity contribution < 1.29 is 13.2 Å². The van der Waals surface area contributed by atoms with E-state index in [1.54, 1.807) is 0 Å². The molecule has 0 saturated heterocycles. The maximum Gasteiger partial charge on any atom is 0.416 e. The molecule has 0 aromatic heterocycles. The monoisotopic (exact) mass is 288 g/mol. The lowest BCUT2D eigenvalue weighted by atomic mass is 9.94. The van der Waals surface area contributed by atoms with Crippen LogP contribution in [0.15, 0.2) is 24.3 Å². The van der Waals surface area contributed by atoms with E-state index in [9.17, 15) is 13.2 Å². The number of halogens is 3.